The Labute approximate surface area is 122 Å². The lowest BCUT2D eigenvalue weighted by molar-refractivity contribution is 0.234. The van der Waals surface area contributed by atoms with Gasteiger partial charge in [0.15, 0.2) is 0 Å². The third-order valence-electron chi connectivity index (χ3n) is 3.33. The highest BCUT2D eigenvalue weighted by molar-refractivity contribution is 6.31. The topological polar surface area (TPSA) is 28.2 Å². The van der Waals surface area contributed by atoms with Crippen LogP contribution in [0.1, 0.15) is 45.7 Å². The van der Waals surface area contributed by atoms with E-state index in [4.69, 9.17) is 11.6 Å². The molecule has 0 saturated heterocycles. The summed E-state index contributed by atoms with van der Waals surface area (Å²) >= 11 is 6.24. The Balaban J connectivity index is 2.70. The second kappa shape index (κ2) is 8.39. The fourth-order valence-electron chi connectivity index (χ4n) is 1.98. The van der Waals surface area contributed by atoms with E-state index in [2.05, 4.69) is 43.0 Å². The molecule has 0 bridgehead atoms. The molecule has 0 fully saturated rings. The van der Waals surface area contributed by atoms with Gasteiger partial charge in [0.25, 0.3) is 0 Å². The SMILES string of the molecule is CCCNc1ccc(Cl)c(CN(C)C(C)CCC)n1. The summed E-state index contributed by atoms with van der Waals surface area (Å²) in [6.07, 6.45) is 3.49. The van der Waals surface area contributed by atoms with Crippen LogP contribution in [0.4, 0.5) is 5.82 Å². The molecule has 0 aliphatic carbocycles. The summed E-state index contributed by atoms with van der Waals surface area (Å²) in [7, 11) is 2.13. The van der Waals surface area contributed by atoms with Gasteiger partial charge in [-0.15, -0.1) is 0 Å². The molecule has 108 valence electrons. The monoisotopic (exact) mass is 283 g/mol. The molecule has 3 nitrogen and oxygen atoms in total. The van der Waals surface area contributed by atoms with Crippen molar-refractivity contribution >= 4 is 17.4 Å². The maximum absolute atomic E-state index is 6.24. The summed E-state index contributed by atoms with van der Waals surface area (Å²) in [5.74, 6) is 0.915. The normalized spacial score (nSPS) is 12.7. The van der Waals surface area contributed by atoms with Gasteiger partial charge < -0.3 is 5.32 Å². The van der Waals surface area contributed by atoms with Crippen molar-refractivity contribution in [1.82, 2.24) is 9.88 Å². The van der Waals surface area contributed by atoms with E-state index >= 15 is 0 Å². The van der Waals surface area contributed by atoms with Crippen LogP contribution in [0.3, 0.4) is 0 Å². The number of nitrogens with zero attached hydrogens (tertiary/aromatic N) is 2. The molecule has 1 N–H and O–H groups in total. The quantitative estimate of drug-likeness (QED) is 0.776. The predicted octanol–water partition coefficient (Wildman–Crippen LogP) is 4.18. The highest BCUT2D eigenvalue weighted by atomic mass is 35.5. The molecule has 0 aliphatic rings. The fraction of sp³-hybridized carbons (Fsp3) is 0.667. The molecule has 1 aromatic heterocycles. The van der Waals surface area contributed by atoms with Gasteiger partial charge in [-0.1, -0.05) is 31.9 Å². The van der Waals surface area contributed by atoms with Crippen LogP contribution >= 0.6 is 11.6 Å². The van der Waals surface area contributed by atoms with E-state index in [1.165, 1.54) is 12.8 Å². The number of hydrogen-bond acceptors (Lipinski definition) is 3. The molecule has 4 heteroatoms. The standard InChI is InChI=1S/C15H26ClN3/c1-5-7-12(3)19(4)11-14-13(16)8-9-15(18-14)17-10-6-2/h8-9,12H,5-7,10-11H2,1-4H3,(H,17,18). The summed E-state index contributed by atoms with van der Waals surface area (Å²) in [6, 6.07) is 4.42. The number of anilines is 1. The smallest absolute Gasteiger partial charge is 0.126 e. The largest absolute Gasteiger partial charge is 0.370 e. The number of hydrogen-bond donors (Lipinski definition) is 1. The summed E-state index contributed by atoms with van der Waals surface area (Å²) in [5.41, 5.74) is 0.952. The molecule has 1 rings (SSSR count). The van der Waals surface area contributed by atoms with Crippen LogP contribution in [0, 0.1) is 0 Å². The molecular weight excluding hydrogens is 258 g/mol. The van der Waals surface area contributed by atoms with Gasteiger partial charge in [-0.2, -0.15) is 0 Å². The first-order valence-electron chi connectivity index (χ1n) is 7.18. The molecule has 0 aromatic carbocycles. The average molecular weight is 284 g/mol. The fourth-order valence-corrected chi connectivity index (χ4v) is 2.14. The van der Waals surface area contributed by atoms with Gasteiger partial charge in [0.2, 0.25) is 0 Å². The lowest BCUT2D eigenvalue weighted by Crippen LogP contribution is -2.29. The van der Waals surface area contributed by atoms with Crippen LogP contribution in [0.25, 0.3) is 0 Å². The zero-order valence-corrected chi connectivity index (χ0v) is 13.3. The summed E-state index contributed by atoms with van der Waals surface area (Å²) in [6.45, 7) is 8.34. The Morgan fingerprint density at radius 2 is 2.05 bits per heavy atom. The number of halogens is 1. The predicted molar refractivity (Wildman–Crippen MR) is 83.9 cm³/mol. The minimum absolute atomic E-state index is 0.551. The first-order valence-corrected chi connectivity index (χ1v) is 7.55. The van der Waals surface area contributed by atoms with Crippen LogP contribution < -0.4 is 5.32 Å². The second-order valence-electron chi connectivity index (χ2n) is 5.10. The Hall–Kier alpha value is -0.800. The van der Waals surface area contributed by atoms with Gasteiger partial charge in [0, 0.05) is 19.1 Å². The summed E-state index contributed by atoms with van der Waals surface area (Å²) < 4.78 is 0. The van der Waals surface area contributed by atoms with Gasteiger partial charge in [-0.25, -0.2) is 4.98 Å². The molecule has 0 radical (unpaired) electrons. The first-order chi connectivity index (χ1) is 9.08. The van der Waals surface area contributed by atoms with E-state index in [1.807, 2.05) is 12.1 Å². The van der Waals surface area contributed by atoms with E-state index in [0.29, 0.717) is 6.04 Å². The van der Waals surface area contributed by atoms with E-state index in [-0.39, 0.29) is 0 Å². The zero-order valence-electron chi connectivity index (χ0n) is 12.5. The van der Waals surface area contributed by atoms with Crippen LogP contribution in [0.5, 0.6) is 0 Å². The Kier molecular flexibility index (Phi) is 7.17. The molecule has 0 amide bonds. The highest BCUT2D eigenvalue weighted by Gasteiger charge is 2.12. The van der Waals surface area contributed by atoms with Crippen molar-refractivity contribution in [1.29, 1.82) is 0 Å². The molecule has 1 unspecified atom stereocenters. The van der Waals surface area contributed by atoms with Crippen molar-refractivity contribution in [3.63, 3.8) is 0 Å². The van der Waals surface area contributed by atoms with E-state index in [1.54, 1.807) is 0 Å². The average Bonchev–Trinajstić information content (AvgIpc) is 2.39. The van der Waals surface area contributed by atoms with Gasteiger partial charge in [0.05, 0.1) is 10.7 Å². The number of rotatable bonds is 8. The molecule has 0 spiro atoms. The number of aromatic nitrogens is 1. The first kappa shape index (κ1) is 16.3. The molecule has 1 atom stereocenters. The van der Waals surface area contributed by atoms with Crippen LogP contribution in [0.2, 0.25) is 5.02 Å². The van der Waals surface area contributed by atoms with Crippen molar-refractivity contribution in [2.75, 3.05) is 18.9 Å². The van der Waals surface area contributed by atoms with Crippen molar-refractivity contribution in [2.24, 2.45) is 0 Å². The van der Waals surface area contributed by atoms with Gasteiger partial charge in [0.1, 0.15) is 5.82 Å². The Bertz CT molecular complexity index is 382. The van der Waals surface area contributed by atoms with Crippen LogP contribution in [-0.2, 0) is 6.54 Å². The van der Waals surface area contributed by atoms with Crippen molar-refractivity contribution in [2.45, 2.75) is 52.6 Å². The maximum Gasteiger partial charge on any atom is 0.126 e. The van der Waals surface area contributed by atoms with E-state index < -0.39 is 0 Å². The number of nitrogens with one attached hydrogen (secondary N) is 1. The van der Waals surface area contributed by atoms with Crippen molar-refractivity contribution < 1.29 is 0 Å². The van der Waals surface area contributed by atoms with E-state index in [0.717, 1.165) is 36.0 Å². The highest BCUT2D eigenvalue weighted by Crippen LogP contribution is 2.19. The second-order valence-corrected chi connectivity index (χ2v) is 5.51. The van der Waals surface area contributed by atoms with Crippen molar-refractivity contribution in [3.05, 3.63) is 22.8 Å². The molecule has 1 aromatic rings. The minimum atomic E-state index is 0.551. The molecule has 0 saturated carbocycles. The zero-order chi connectivity index (χ0) is 14.3. The molecule has 1 heterocycles. The summed E-state index contributed by atoms with van der Waals surface area (Å²) in [5, 5.41) is 4.05. The number of pyridine rings is 1. The van der Waals surface area contributed by atoms with Crippen molar-refractivity contribution in [3.8, 4) is 0 Å². The summed E-state index contributed by atoms with van der Waals surface area (Å²) in [4.78, 5) is 6.91. The molecule has 19 heavy (non-hydrogen) atoms. The molecule has 0 aliphatic heterocycles. The third kappa shape index (κ3) is 5.37. The Morgan fingerprint density at radius 1 is 1.32 bits per heavy atom. The van der Waals surface area contributed by atoms with Gasteiger partial charge in [-0.05, 0) is 38.9 Å². The maximum atomic E-state index is 6.24. The van der Waals surface area contributed by atoms with Crippen LogP contribution in [-0.4, -0.2) is 29.5 Å². The third-order valence-corrected chi connectivity index (χ3v) is 3.68. The van der Waals surface area contributed by atoms with Crippen LogP contribution in [0.15, 0.2) is 12.1 Å². The van der Waals surface area contributed by atoms with Gasteiger partial charge in [-0.3, -0.25) is 4.90 Å². The Morgan fingerprint density at radius 3 is 2.68 bits per heavy atom. The van der Waals surface area contributed by atoms with E-state index in [9.17, 15) is 0 Å². The lowest BCUT2D eigenvalue weighted by atomic mass is 10.1. The van der Waals surface area contributed by atoms with Gasteiger partial charge >= 0.3 is 0 Å². The molecular formula is C15H26ClN3. The lowest BCUT2D eigenvalue weighted by Gasteiger charge is -2.24. The minimum Gasteiger partial charge on any atom is -0.370 e.